The maximum atomic E-state index is 13.0. The smallest absolute Gasteiger partial charge is 0.166 e. The molecule has 1 aromatic heterocycles. The van der Waals surface area contributed by atoms with Gasteiger partial charge in [-0.15, -0.1) is 11.3 Å². The van der Waals surface area contributed by atoms with Gasteiger partial charge in [0.2, 0.25) is 0 Å². The molecule has 0 radical (unpaired) electrons. The Hall–Kier alpha value is -2.97. The molecule has 2 aliphatic rings. The fraction of sp³-hybridized carbons (Fsp3) is 0.360. The summed E-state index contributed by atoms with van der Waals surface area (Å²) in [5.41, 5.74) is 1.71. The molecule has 1 fully saturated rings. The second kappa shape index (κ2) is 9.89. The van der Waals surface area contributed by atoms with Gasteiger partial charge in [0.25, 0.3) is 0 Å². The number of nitrogens with zero attached hydrogens (tertiary/aromatic N) is 2. The molecule has 0 N–H and O–H groups in total. The van der Waals surface area contributed by atoms with Crippen LogP contribution in [0.5, 0.6) is 17.2 Å². The van der Waals surface area contributed by atoms with Crippen LogP contribution in [-0.4, -0.2) is 42.0 Å². The van der Waals surface area contributed by atoms with Gasteiger partial charge in [-0.3, -0.25) is 9.69 Å². The molecule has 3 heterocycles. The molecule has 0 spiro atoms. The molecule has 0 bridgehead atoms. The number of carbonyl (C=O) groups excluding carboxylic acids is 1. The molecule has 6 nitrogen and oxygen atoms in total. The van der Waals surface area contributed by atoms with E-state index in [9.17, 15) is 9.18 Å². The third kappa shape index (κ3) is 5.34. The summed E-state index contributed by atoms with van der Waals surface area (Å²) in [5.74, 6) is 1.92. The summed E-state index contributed by atoms with van der Waals surface area (Å²) in [7, 11) is 0. The Morgan fingerprint density at radius 2 is 1.85 bits per heavy atom. The standard InChI is InChI=1S/C25H25FN2O4S/c26-19-2-4-21(5-3-19)32-15-24-27-20(16-33-24)14-28-9-7-17(8-10-28)25(29)18-1-6-22-23(13-18)31-12-11-30-22/h1-6,13,16-17H,7-12,14-15H2. The first kappa shape index (κ1) is 21.9. The van der Waals surface area contributed by atoms with Crippen molar-refractivity contribution in [2.75, 3.05) is 26.3 Å². The number of Topliss-reactive ketones (excluding diaryl/α,β-unsaturated/α-hetero) is 1. The van der Waals surface area contributed by atoms with Gasteiger partial charge in [-0.05, 0) is 68.4 Å². The van der Waals surface area contributed by atoms with E-state index in [2.05, 4.69) is 15.3 Å². The second-order valence-corrected chi connectivity index (χ2v) is 9.19. The molecule has 3 aromatic rings. The number of aromatic nitrogens is 1. The Bertz CT molecular complexity index is 1110. The van der Waals surface area contributed by atoms with Crippen molar-refractivity contribution in [3.63, 3.8) is 0 Å². The van der Waals surface area contributed by atoms with E-state index in [1.54, 1.807) is 23.5 Å². The molecule has 2 aliphatic heterocycles. The molecule has 0 aliphatic carbocycles. The summed E-state index contributed by atoms with van der Waals surface area (Å²) in [4.78, 5) is 20.0. The highest BCUT2D eigenvalue weighted by Gasteiger charge is 2.27. The van der Waals surface area contributed by atoms with Crippen molar-refractivity contribution >= 4 is 17.1 Å². The Kier molecular flexibility index (Phi) is 6.55. The van der Waals surface area contributed by atoms with E-state index in [1.165, 1.54) is 12.1 Å². The first-order valence-corrected chi connectivity index (χ1v) is 12.0. The van der Waals surface area contributed by atoms with Crippen molar-refractivity contribution in [3.05, 3.63) is 69.9 Å². The minimum absolute atomic E-state index is 0.0268. The molecular weight excluding hydrogens is 443 g/mol. The first-order chi connectivity index (χ1) is 16.1. The molecule has 172 valence electrons. The minimum atomic E-state index is -0.282. The van der Waals surface area contributed by atoms with Gasteiger partial charge in [-0.25, -0.2) is 9.37 Å². The summed E-state index contributed by atoms with van der Waals surface area (Å²) >= 11 is 1.56. The number of fused-ring (bicyclic) bond motifs is 1. The van der Waals surface area contributed by atoms with E-state index < -0.39 is 0 Å². The number of hydrogen-bond donors (Lipinski definition) is 0. The van der Waals surface area contributed by atoms with E-state index >= 15 is 0 Å². The molecule has 0 unspecified atom stereocenters. The van der Waals surface area contributed by atoms with Crippen LogP contribution in [0.2, 0.25) is 0 Å². The van der Waals surface area contributed by atoms with E-state index in [0.717, 1.165) is 43.2 Å². The zero-order valence-corrected chi connectivity index (χ0v) is 19.0. The van der Waals surface area contributed by atoms with E-state index in [1.807, 2.05) is 18.2 Å². The van der Waals surface area contributed by atoms with E-state index in [0.29, 0.717) is 42.6 Å². The van der Waals surface area contributed by atoms with Gasteiger partial charge < -0.3 is 14.2 Å². The topological polar surface area (TPSA) is 60.9 Å². The van der Waals surface area contributed by atoms with Gasteiger partial charge in [0.15, 0.2) is 17.3 Å². The molecule has 0 amide bonds. The Balaban J connectivity index is 1.10. The van der Waals surface area contributed by atoms with Crippen molar-refractivity contribution in [2.45, 2.75) is 26.0 Å². The van der Waals surface area contributed by atoms with Crippen molar-refractivity contribution in [2.24, 2.45) is 5.92 Å². The second-order valence-electron chi connectivity index (χ2n) is 8.25. The van der Waals surface area contributed by atoms with Gasteiger partial charge in [0, 0.05) is 23.4 Å². The number of halogens is 1. The number of ether oxygens (including phenoxy) is 3. The number of likely N-dealkylation sites (tertiary alicyclic amines) is 1. The molecule has 1 saturated heterocycles. The van der Waals surface area contributed by atoms with Crippen molar-refractivity contribution in [3.8, 4) is 17.2 Å². The van der Waals surface area contributed by atoms with Crippen molar-refractivity contribution in [1.29, 1.82) is 0 Å². The number of hydrogen-bond acceptors (Lipinski definition) is 7. The monoisotopic (exact) mass is 468 g/mol. The lowest BCUT2D eigenvalue weighted by molar-refractivity contribution is 0.0833. The predicted octanol–water partition coefficient (Wildman–Crippen LogP) is 4.73. The lowest BCUT2D eigenvalue weighted by atomic mass is 9.88. The van der Waals surface area contributed by atoms with Crippen molar-refractivity contribution in [1.82, 2.24) is 9.88 Å². The largest absolute Gasteiger partial charge is 0.486 e. The van der Waals surface area contributed by atoms with Crippen LogP contribution in [0.15, 0.2) is 47.8 Å². The first-order valence-electron chi connectivity index (χ1n) is 11.1. The maximum Gasteiger partial charge on any atom is 0.166 e. The van der Waals surface area contributed by atoms with Gasteiger partial charge in [-0.2, -0.15) is 0 Å². The third-order valence-corrected chi connectivity index (χ3v) is 6.82. The van der Waals surface area contributed by atoms with Crippen LogP contribution in [-0.2, 0) is 13.2 Å². The van der Waals surface area contributed by atoms with Gasteiger partial charge in [0.05, 0.1) is 5.69 Å². The quantitative estimate of drug-likeness (QED) is 0.468. The van der Waals surface area contributed by atoms with E-state index in [-0.39, 0.29) is 17.5 Å². The number of thiazole rings is 1. The number of ketones is 1. The van der Waals surface area contributed by atoms with Crippen LogP contribution in [0.25, 0.3) is 0 Å². The van der Waals surface area contributed by atoms with Crippen LogP contribution in [0.1, 0.15) is 33.9 Å². The van der Waals surface area contributed by atoms with Gasteiger partial charge in [0.1, 0.15) is 36.4 Å². The summed E-state index contributed by atoms with van der Waals surface area (Å²) in [5, 5.41) is 2.94. The third-order valence-electron chi connectivity index (χ3n) is 5.95. The lowest BCUT2D eigenvalue weighted by Gasteiger charge is -2.30. The molecule has 5 rings (SSSR count). The summed E-state index contributed by atoms with van der Waals surface area (Å²) in [6.07, 6.45) is 1.66. The highest BCUT2D eigenvalue weighted by Crippen LogP contribution is 2.32. The zero-order chi connectivity index (χ0) is 22.6. The van der Waals surface area contributed by atoms with Crippen LogP contribution in [0.3, 0.4) is 0 Å². The van der Waals surface area contributed by atoms with Gasteiger partial charge >= 0.3 is 0 Å². The van der Waals surface area contributed by atoms with E-state index in [4.69, 9.17) is 14.2 Å². The number of piperidine rings is 1. The van der Waals surface area contributed by atoms with Crippen LogP contribution < -0.4 is 14.2 Å². The Labute approximate surface area is 195 Å². The average molecular weight is 469 g/mol. The zero-order valence-electron chi connectivity index (χ0n) is 18.2. The van der Waals surface area contributed by atoms with Crippen LogP contribution in [0.4, 0.5) is 4.39 Å². The highest BCUT2D eigenvalue weighted by molar-refractivity contribution is 7.09. The van der Waals surface area contributed by atoms with Crippen molar-refractivity contribution < 1.29 is 23.4 Å². The Morgan fingerprint density at radius 3 is 2.64 bits per heavy atom. The molecule has 33 heavy (non-hydrogen) atoms. The fourth-order valence-corrected chi connectivity index (χ4v) is 4.87. The molecule has 0 atom stereocenters. The maximum absolute atomic E-state index is 13.0. The fourth-order valence-electron chi connectivity index (χ4n) is 4.18. The molecule has 8 heteroatoms. The minimum Gasteiger partial charge on any atom is -0.486 e. The van der Waals surface area contributed by atoms with Crippen LogP contribution >= 0.6 is 11.3 Å². The summed E-state index contributed by atoms with van der Waals surface area (Å²) < 4.78 is 29.8. The number of rotatable bonds is 7. The summed E-state index contributed by atoms with van der Waals surface area (Å²) in [6.45, 7) is 3.90. The SMILES string of the molecule is O=C(c1ccc2c(c1)OCCO2)C1CCN(Cc2csc(COc3ccc(F)cc3)n2)CC1. The highest BCUT2D eigenvalue weighted by atomic mass is 32.1. The molecular formula is C25H25FN2O4S. The van der Waals surface area contributed by atoms with Crippen LogP contribution in [0, 0.1) is 11.7 Å². The molecule has 0 saturated carbocycles. The summed E-state index contributed by atoms with van der Waals surface area (Å²) in [6, 6.07) is 11.5. The number of benzene rings is 2. The lowest BCUT2D eigenvalue weighted by Crippen LogP contribution is -2.36. The van der Waals surface area contributed by atoms with Gasteiger partial charge in [-0.1, -0.05) is 0 Å². The predicted molar refractivity (Wildman–Crippen MR) is 123 cm³/mol. The normalized spacial score (nSPS) is 16.5. The average Bonchev–Trinajstić information content (AvgIpc) is 3.30. The Morgan fingerprint density at radius 1 is 1.09 bits per heavy atom. The molecule has 2 aromatic carbocycles. The number of carbonyl (C=O) groups is 1.